The molecule has 1 atom stereocenters. The van der Waals surface area contributed by atoms with Gasteiger partial charge in [-0.2, -0.15) is 0 Å². The van der Waals surface area contributed by atoms with Crippen molar-refractivity contribution < 1.29 is 4.79 Å². The van der Waals surface area contributed by atoms with E-state index in [0.29, 0.717) is 5.02 Å². The van der Waals surface area contributed by atoms with Gasteiger partial charge >= 0.3 is 0 Å². The number of rotatable bonds is 2. The molecular weight excluding hydrogens is 346 g/mol. The number of carbonyl (C=O) groups excluding carboxylic acids is 1. The third-order valence-electron chi connectivity index (χ3n) is 4.14. The molecule has 116 valence electrons. The Labute approximate surface area is 148 Å². The summed E-state index contributed by atoms with van der Waals surface area (Å²) in [6.45, 7) is 0.748. The first kappa shape index (κ1) is 14.9. The van der Waals surface area contributed by atoms with Crippen LogP contribution in [-0.2, 0) is 6.42 Å². The molecule has 0 fully saturated rings. The van der Waals surface area contributed by atoms with Crippen LogP contribution in [0.3, 0.4) is 0 Å². The molecule has 0 N–H and O–H groups in total. The fourth-order valence-electron chi connectivity index (χ4n) is 3.08. The van der Waals surface area contributed by atoms with Gasteiger partial charge in [-0.25, -0.2) is 0 Å². The van der Waals surface area contributed by atoms with Gasteiger partial charge < -0.3 is 4.90 Å². The van der Waals surface area contributed by atoms with E-state index in [2.05, 4.69) is 11.4 Å². The molecule has 2 aromatic heterocycles. The Morgan fingerprint density at radius 2 is 1.91 bits per heavy atom. The number of carbonyl (C=O) groups is 1. The summed E-state index contributed by atoms with van der Waals surface area (Å²) in [6, 6.07) is 13.8. The van der Waals surface area contributed by atoms with Gasteiger partial charge in [-0.3, -0.25) is 4.79 Å². The quantitative estimate of drug-likeness (QED) is 0.611. The van der Waals surface area contributed by atoms with Crippen LogP contribution in [0.15, 0.2) is 53.2 Å². The zero-order chi connectivity index (χ0) is 15.8. The summed E-state index contributed by atoms with van der Waals surface area (Å²) < 4.78 is 0. The van der Waals surface area contributed by atoms with Crippen molar-refractivity contribution in [2.75, 3.05) is 6.54 Å². The fraction of sp³-hybridized carbons (Fsp3) is 0.167. The number of hydrogen-bond donors (Lipinski definition) is 0. The molecule has 0 aliphatic carbocycles. The van der Waals surface area contributed by atoms with Crippen molar-refractivity contribution in [3.63, 3.8) is 0 Å². The minimum atomic E-state index is -0.0307. The topological polar surface area (TPSA) is 20.3 Å². The summed E-state index contributed by atoms with van der Waals surface area (Å²) in [7, 11) is 0. The average molecular weight is 360 g/mol. The minimum absolute atomic E-state index is 0.0307. The predicted molar refractivity (Wildman–Crippen MR) is 96.7 cm³/mol. The Hall–Kier alpha value is -1.62. The summed E-state index contributed by atoms with van der Waals surface area (Å²) in [5.41, 5.74) is 2.35. The van der Waals surface area contributed by atoms with Crippen molar-refractivity contribution in [2.45, 2.75) is 12.5 Å². The lowest BCUT2D eigenvalue weighted by atomic mass is 9.93. The summed E-state index contributed by atoms with van der Waals surface area (Å²) in [4.78, 5) is 17.1. The van der Waals surface area contributed by atoms with Crippen LogP contribution < -0.4 is 0 Å². The molecule has 23 heavy (non-hydrogen) atoms. The average Bonchev–Trinajstić information content (AvgIpc) is 3.25. The first-order valence-corrected chi connectivity index (χ1v) is 9.54. The van der Waals surface area contributed by atoms with E-state index in [1.807, 2.05) is 46.7 Å². The predicted octanol–water partition coefficient (Wildman–Crippen LogP) is 5.25. The van der Waals surface area contributed by atoms with Crippen LogP contribution in [0.5, 0.6) is 0 Å². The van der Waals surface area contributed by atoms with Crippen LogP contribution in [0.1, 0.15) is 31.7 Å². The highest BCUT2D eigenvalue weighted by Crippen LogP contribution is 2.39. The SMILES string of the molecule is O=C(c1cccs1)N1CCc2sccc2C1c1ccc(Cl)cc1. The highest BCUT2D eigenvalue weighted by molar-refractivity contribution is 7.12. The molecule has 1 aliphatic rings. The van der Waals surface area contributed by atoms with E-state index in [4.69, 9.17) is 11.6 Å². The smallest absolute Gasteiger partial charge is 0.264 e. The van der Waals surface area contributed by atoms with Gasteiger partial charge in [-0.1, -0.05) is 29.8 Å². The van der Waals surface area contributed by atoms with Gasteiger partial charge in [0.25, 0.3) is 5.91 Å². The molecule has 1 unspecified atom stereocenters. The maximum atomic E-state index is 13.0. The van der Waals surface area contributed by atoms with E-state index in [-0.39, 0.29) is 11.9 Å². The minimum Gasteiger partial charge on any atom is -0.326 e. The summed E-state index contributed by atoms with van der Waals surface area (Å²) in [5.74, 6) is 0.108. The lowest BCUT2D eigenvalue weighted by Crippen LogP contribution is -2.39. The molecule has 1 aromatic carbocycles. The number of hydrogen-bond acceptors (Lipinski definition) is 3. The largest absolute Gasteiger partial charge is 0.326 e. The normalized spacial score (nSPS) is 17.1. The Kier molecular flexibility index (Phi) is 3.97. The molecule has 4 rings (SSSR count). The molecular formula is C18H14ClNOS2. The van der Waals surface area contributed by atoms with Crippen LogP contribution in [0.4, 0.5) is 0 Å². The fourth-order valence-corrected chi connectivity index (χ4v) is 4.79. The van der Waals surface area contributed by atoms with E-state index in [0.717, 1.165) is 23.4 Å². The summed E-state index contributed by atoms with van der Waals surface area (Å²) >= 11 is 9.31. The van der Waals surface area contributed by atoms with Crippen molar-refractivity contribution in [3.8, 4) is 0 Å². The molecule has 1 amide bonds. The van der Waals surface area contributed by atoms with E-state index in [9.17, 15) is 4.79 Å². The van der Waals surface area contributed by atoms with Crippen LogP contribution in [-0.4, -0.2) is 17.4 Å². The number of halogens is 1. The molecule has 5 heteroatoms. The second kappa shape index (κ2) is 6.11. The number of amides is 1. The molecule has 0 radical (unpaired) electrons. The molecule has 0 spiro atoms. The van der Waals surface area contributed by atoms with Crippen molar-refractivity contribution in [1.29, 1.82) is 0 Å². The molecule has 0 bridgehead atoms. The Balaban J connectivity index is 1.79. The van der Waals surface area contributed by atoms with Gasteiger partial charge in [0.05, 0.1) is 10.9 Å². The molecule has 0 saturated heterocycles. The lowest BCUT2D eigenvalue weighted by molar-refractivity contribution is 0.0701. The van der Waals surface area contributed by atoms with Crippen molar-refractivity contribution in [1.82, 2.24) is 4.90 Å². The van der Waals surface area contributed by atoms with E-state index in [1.54, 1.807) is 11.3 Å². The van der Waals surface area contributed by atoms with Gasteiger partial charge in [0.2, 0.25) is 0 Å². The second-order valence-electron chi connectivity index (χ2n) is 5.48. The molecule has 3 aromatic rings. The third kappa shape index (κ3) is 2.71. The zero-order valence-electron chi connectivity index (χ0n) is 12.2. The Bertz CT molecular complexity index is 823. The Morgan fingerprint density at radius 1 is 1.09 bits per heavy atom. The molecule has 2 nitrogen and oxygen atoms in total. The second-order valence-corrected chi connectivity index (χ2v) is 7.86. The highest BCUT2D eigenvalue weighted by Gasteiger charge is 2.33. The first-order chi connectivity index (χ1) is 11.2. The van der Waals surface area contributed by atoms with Crippen molar-refractivity contribution in [2.24, 2.45) is 0 Å². The van der Waals surface area contributed by atoms with E-state index >= 15 is 0 Å². The van der Waals surface area contributed by atoms with Gasteiger partial charge in [0, 0.05) is 16.4 Å². The number of benzene rings is 1. The molecule has 1 aliphatic heterocycles. The van der Waals surface area contributed by atoms with Crippen LogP contribution in [0, 0.1) is 0 Å². The molecule has 0 saturated carbocycles. The summed E-state index contributed by atoms with van der Waals surface area (Å²) in [5, 5.41) is 4.78. The van der Waals surface area contributed by atoms with E-state index in [1.165, 1.54) is 21.8 Å². The number of nitrogens with zero attached hydrogens (tertiary/aromatic N) is 1. The maximum Gasteiger partial charge on any atom is 0.264 e. The van der Waals surface area contributed by atoms with Gasteiger partial charge in [-0.15, -0.1) is 22.7 Å². The van der Waals surface area contributed by atoms with Gasteiger partial charge in [0.15, 0.2) is 0 Å². The van der Waals surface area contributed by atoms with Crippen molar-refractivity contribution in [3.05, 3.63) is 79.1 Å². The third-order valence-corrected chi connectivity index (χ3v) is 6.25. The zero-order valence-corrected chi connectivity index (χ0v) is 14.6. The lowest BCUT2D eigenvalue weighted by Gasteiger charge is -2.36. The highest BCUT2D eigenvalue weighted by atomic mass is 35.5. The van der Waals surface area contributed by atoms with Gasteiger partial charge in [-0.05, 0) is 52.6 Å². The first-order valence-electron chi connectivity index (χ1n) is 7.40. The standard InChI is InChI=1S/C18H14ClNOS2/c19-13-5-3-12(4-6-13)17-14-8-11-23-15(14)7-9-20(17)18(21)16-2-1-10-22-16/h1-6,8,10-11,17H,7,9H2. The summed E-state index contributed by atoms with van der Waals surface area (Å²) in [6.07, 6.45) is 0.925. The maximum absolute atomic E-state index is 13.0. The monoisotopic (exact) mass is 359 g/mol. The van der Waals surface area contributed by atoms with Crippen LogP contribution in [0.25, 0.3) is 0 Å². The number of fused-ring (bicyclic) bond motifs is 1. The van der Waals surface area contributed by atoms with Crippen LogP contribution >= 0.6 is 34.3 Å². The Morgan fingerprint density at radius 3 is 2.65 bits per heavy atom. The number of thiophene rings is 2. The van der Waals surface area contributed by atoms with Crippen LogP contribution in [0.2, 0.25) is 5.02 Å². The molecule has 3 heterocycles. The van der Waals surface area contributed by atoms with Gasteiger partial charge in [0.1, 0.15) is 0 Å². The van der Waals surface area contributed by atoms with E-state index < -0.39 is 0 Å². The van der Waals surface area contributed by atoms with Crippen molar-refractivity contribution >= 4 is 40.2 Å².